The summed E-state index contributed by atoms with van der Waals surface area (Å²) in [5.74, 6) is -0.226. The molecule has 0 unspecified atom stereocenters. The zero-order chi connectivity index (χ0) is 13.9. The van der Waals surface area contributed by atoms with Gasteiger partial charge in [0.1, 0.15) is 5.82 Å². The predicted octanol–water partition coefficient (Wildman–Crippen LogP) is 4.40. The van der Waals surface area contributed by atoms with Crippen molar-refractivity contribution in [1.82, 2.24) is 9.55 Å². The van der Waals surface area contributed by atoms with Gasteiger partial charge in [0.25, 0.3) is 0 Å². The number of benzene rings is 2. The molecule has 0 fully saturated rings. The third-order valence-electron chi connectivity index (χ3n) is 3.14. The first-order valence-electron chi connectivity index (χ1n) is 6.32. The Kier molecular flexibility index (Phi) is 3.48. The molecule has 3 aromatic rings. The highest BCUT2D eigenvalue weighted by molar-refractivity contribution is 7.71. The summed E-state index contributed by atoms with van der Waals surface area (Å²) >= 11 is 5.33. The van der Waals surface area contributed by atoms with E-state index in [1.165, 1.54) is 12.1 Å². The summed E-state index contributed by atoms with van der Waals surface area (Å²) in [5, 5.41) is 0. The smallest absolute Gasteiger partial charge is 0.177 e. The largest absolute Gasteiger partial charge is 0.331 e. The Morgan fingerprint density at radius 3 is 2.40 bits per heavy atom. The van der Waals surface area contributed by atoms with Crippen LogP contribution in [0.4, 0.5) is 4.39 Å². The quantitative estimate of drug-likeness (QED) is 0.707. The molecular weight excluding hydrogens is 271 g/mol. The van der Waals surface area contributed by atoms with Crippen molar-refractivity contribution in [2.45, 2.75) is 6.54 Å². The molecule has 0 aliphatic rings. The second-order valence-electron chi connectivity index (χ2n) is 4.59. The van der Waals surface area contributed by atoms with Crippen LogP contribution in [0, 0.1) is 10.6 Å². The third kappa shape index (κ3) is 2.70. The van der Waals surface area contributed by atoms with E-state index < -0.39 is 0 Å². The van der Waals surface area contributed by atoms with Crippen LogP contribution in [0.2, 0.25) is 0 Å². The van der Waals surface area contributed by atoms with Gasteiger partial charge < -0.3 is 9.55 Å². The molecule has 0 atom stereocenters. The normalized spacial score (nSPS) is 10.7. The van der Waals surface area contributed by atoms with E-state index in [1.807, 2.05) is 41.1 Å². The van der Waals surface area contributed by atoms with E-state index in [1.54, 1.807) is 12.1 Å². The molecule has 20 heavy (non-hydrogen) atoms. The molecule has 1 heterocycles. The van der Waals surface area contributed by atoms with Crippen LogP contribution in [-0.2, 0) is 6.54 Å². The van der Waals surface area contributed by atoms with Crippen molar-refractivity contribution in [3.63, 3.8) is 0 Å². The number of rotatable bonds is 3. The number of hydrogen-bond acceptors (Lipinski definition) is 1. The summed E-state index contributed by atoms with van der Waals surface area (Å²) in [4.78, 5) is 3.20. The van der Waals surface area contributed by atoms with Gasteiger partial charge in [-0.05, 0) is 35.5 Å². The van der Waals surface area contributed by atoms with Crippen molar-refractivity contribution < 1.29 is 4.39 Å². The van der Waals surface area contributed by atoms with Crippen molar-refractivity contribution in [3.8, 4) is 11.3 Å². The van der Waals surface area contributed by atoms with Crippen molar-refractivity contribution in [3.05, 3.63) is 76.9 Å². The summed E-state index contributed by atoms with van der Waals surface area (Å²) in [7, 11) is 0. The number of hydrogen-bond donors (Lipinski definition) is 1. The van der Waals surface area contributed by atoms with E-state index in [2.05, 4.69) is 4.98 Å². The number of H-pyrrole nitrogens is 1. The van der Waals surface area contributed by atoms with Crippen molar-refractivity contribution in [2.75, 3.05) is 0 Å². The van der Waals surface area contributed by atoms with E-state index in [4.69, 9.17) is 12.2 Å². The number of nitrogens with one attached hydrogen (secondary N) is 1. The number of imidazole rings is 1. The molecular formula is C16H13FN2S. The zero-order valence-electron chi connectivity index (χ0n) is 10.7. The third-order valence-corrected chi connectivity index (χ3v) is 3.47. The van der Waals surface area contributed by atoms with Gasteiger partial charge in [0, 0.05) is 12.7 Å². The van der Waals surface area contributed by atoms with Crippen LogP contribution in [0.25, 0.3) is 11.3 Å². The number of nitrogens with zero attached hydrogens (tertiary/aromatic N) is 1. The summed E-state index contributed by atoms with van der Waals surface area (Å²) in [6, 6.07) is 16.5. The Hall–Kier alpha value is -2.20. The second-order valence-corrected chi connectivity index (χ2v) is 4.98. The van der Waals surface area contributed by atoms with Gasteiger partial charge >= 0.3 is 0 Å². The standard InChI is InChI=1S/C16H13FN2S/c17-14-8-6-12(7-9-14)10-19-11-15(18-16(19)20)13-4-2-1-3-5-13/h1-9,11H,10H2,(H,18,20). The van der Waals surface area contributed by atoms with E-state index in [-0.39, 0.29) is 5.82 Å². The number of halogens is 1. The monoisotopic (exact) mass is 284 g/mol. The first-order valence-corrected chi connectivity index (χ1v) is 6.72. The molecule has 0 saturated heterocycles. The SMILES string of the molecule is Fc1ccc(Cn2cc(-c3ccccc3)[nH]c2=S)cc1. The Bertz CT molecular complexity index is 757. The highest BCUT2D eigenvalue weighted by Gasteiger charge is 2.03. The Morgan fingerprint density at radius 1 is 1.00 bits per heavy atom. The van der Waals surface area contributed by atoms with Crippen LogP contribution in [-0.4, -0.2) is 9.55 Å². The average Bonchev–Trinajstić information content (AvgIpc) is 2.84. The maximum Gasteiger partial charge on any atom is 0.177 e. The van der Waals surface area contributed by atoms with Gasteiger partial charge in [-0.15, -0.1) is 0 Å². The fourth-order valence-electron chi connectivity index (χ4n) is 2.10. The minimum Gasteiger partial charge on any atom is -0.331 e. The van der Waals surface area contributed by atoms with Gasteiger partial charge in [-0.25, -0.2) is 4.39 Å². The summed E-state index contributed by atoms with van der Waals surface area (Å²) in [6.07, 6.45) is 1.99. The molecule has 0 aliphatic carbocycles. The fourth-order valence-corrected chi connectivity index (χ4v) is 2.33. The summed E-state index contributed by atoms with van der Waals surface area (Å²) in [5.41, 5.74) is 3.09. The molecule has 2 aromatic carbocycles. The van der Waals surface area contributed by atoms with Crippen LogP contribution in [0.1, 0.15) is 5.56 Å². The minimum atomic E-state index is -0.226. The molecule has 2 nitrogen and oxygen atoms in total. The van der Waals surface area contributed by atoms with Gasteiger partial charge in [0.05, 0.1) is 5.69 Å². The number of aromatic nitrogens is 2. The van der Waals surface area contributed by atoms with Gasteiger partial charge in [-0.1, -0.05) is 42.5 Å². The average molecular weight is 284 g/mol. The molecule has 0 bridgehead atoms. The predicted molar refractivity (Wildman–Crippen MR) is 80.6 cm³/mol. The van der Waals surface area contributed by atoms with Gasteiger partial charge in [-0.3, -0.25) is 0 Å². The zero-order valence-corrected chi connectivity index (χ0v) is 11.5. The van der Waals surface area contributed by atoms with Crippen molar-refractivity contribution in [1.29, 1.82) is 0 Å². The molecule has 1 N–H and O–H groups in total. The first-order chi connectivity index (χ1) is 9.72. The first kappa shape index (κ1) is 12.8. The Labute approximate surface area is 121 Å². The molecule has 4 heteroatoms. The molecule has 100 valence electrons. The van der Waals surface area contributed by atoms with Gasteiger partial charge in [0.2, 0.25) is 0 Å². The topological polar surface area (TPSA) is 20.7 Å². The second kappa shape index (κ2) is 5.43. The summed E-state index contributed by atoms with van der Waals surface area (Å²) in [6.45, 7) is 0.627. The number of aromatic amines is 1. The van der Waals surface area contributed by atoms with Crippen molar-refractivity contribution in [2.24, 2.45) is 0 Å². The Balaban J connectivity index is 1.90. The highest BCUT2D eigenvalue weighted by atomic mass is 32.1. The fraction of sp³-hybridized carbons (Fsp3) is 0.0625. The lowest BCUT2D eigenvalue weighted by Crippen LogP contribution is -1.97. The molecule has 0 radical (unpaired) electrons. The lowest BCUT2D eigenvalue weighted by Gasteiger charge is -2.02. The van der Waals surface area contributed by atoms with Gasteiger partial charge in [0.15, 0.2) is 4.77 Å². The van der Waals surface area contributed by atoms with E-state index >= 15 is 0 Å². The molecule has 0 spiro atoms. The maximum absolute atomic E-state index is 12.9. The van der Waals surface area contributed by atoms with Crippen LogP contribution >= 0.6 is 12.2 Å². The summed E-state index contributed by atoms with van der Waals surface area (Å²) < 4.78 is 15.5. The Morgan fingerprint density at radius 2 is 1.70 bits per heavy atom. The van der Waals surface area contributed by atoms with Gasteiger partial charge in [-0.2, -0.15) is 0 Å². The van der Waals surface area contributed by atoms with E-state index in [0.29, 0.717) is 11.3 Å². The lowest BCUT2D eigenvalue weighted by atomic mass is 10.2. The van der Waals surface area contributed by atoms with Crippen molar-refractivity contribution >= 4 is 12.2 Å². The van der Waals surface area contributed by atoms with Crippen LogP contribution in [0.3, 0.4) is 0 Å². The van der Waals surface area contributed by atoms with Crippen LogP contribution in [0.5, 0.6) is 0 Å². The van der Waals surface area contributed by atoms with E-state index in [9.17, 15) is 4.39 Å². The minimum absolute atomic E-state index is 0.226. The highest BCUT2D eigenvalue weighted by Crippen LogP contribution is 2.17. The lowest BCUT2D eigenvalue weighted by molar-refractivity contribution is 0.626. The van der Waals surface area contributed by atoms with Crippen LogP contribution in [0.15, 0.2) is 60.8 Å². The molecule has 1 aromatic heterocycles. The molecule has 0 aliphatic heterocycles. The molecule has 0 amide bonds. The molecule has 0 saturated carbocycles. The maximum atomic E-state index is 12.9. The van der Waals surface area contributed by atoms with E-state index in [0.717, 1.165) is 16.8 Å². The molecule has 3 rings (SSSR count). The van der Waals surface area contributed by atoms with Crippen LogP contribution < -0.4 is 0 Å².